The smallest absolute Gasteiger partial charge is 0.307 e. The lowest BCUT2D eigenvalue weighted by atomic mass is 10.0. The Kier molecular flexibility index (Phi) is 34.5. The number of nitrogens with one attached hydrogen (secondary N) is 2. The predicted molar refractivity (Wildman–Crippen MR) is 243 cm³/mol. The molecule has 0 saturated heterocycles. The molecule has 0 aliphatic heterocycles. The van der Waals surface area contributed by atoms with Gasteiger partial charge in [0.1, 0.15) is 6.61 Å². The Balaban J connectivity index is 2.41. The molecular formula is C50H83N3O4. The molecule has 0 aliphatic carbocycles. The Hall–Kier alpha value is -3.45. The van der Waals surface area contributed by atoms with Crippen LogP contribution in [-0.2, 0) is 16.1 Å². The second-order valence-corrected chi connectivity index (χ2v) is 15.8. The highest BCUT2D eigenvalue weighted by Gasteiger charge is 2.14. The Morgan fingerprint density at radius 3 is 1.32 bits per heavy atom. The molecule has 7 nitrogen and oxygen atoms in total. The number of nitrogens with zero attached hydrogens (tertiary/aromatic N) is 1. The van der Waals surface area contributed by atoms with E-state index in [2.05, 4.69) is 73.1 Å². The highest BCUT2D eigenvalue weighted by molar-refractivity contribution is 6.00. The van der Waals surface area contributed by atoms with Crippen LogP contribution in [-0.4, -0.2) is 56.4 Å². The number of carbonyl (C=O) groups is 3. The molecule has 322 valence electrons. The van der Waals surface area contributed by atoms with Crippen molar-refractivity contribution in [2.75, 3.05) is 33.7 Å². The fourth-order valence-corrected chi connectivity index (χ4v) is 6.42. The highest BCUT2D eigenvalue weighted by atomic mass is 16.5. The monoisotopic (exact) mass is 790 g/mol. The van der Waals surface area contributed by atoms with Crippen LogP contribution >= 0.6 is 0 Å². The van der Waals surface area contributed by atoms with Crippen LogP contribution in [0, 0.1) is 0 Å². The van der Waals surface area contributed by atoms with Gasteiger partial charge in [-0.15, -0.1) is 0 Å². The molecule has 2 N–H and O–H groups in total. The van der Waals surface area contributed by atoms with E-state index in [-0.39, 0.29) is 30.8 Å². The van der Waals surface area contributed by atoms with Gasteiger partial charge in [0.25, 0.3) is 11.8 Å². The van der Waals surface area contributed by atoms with Crippen molar-refractivity contribution in [2.24, 2.45) is 0 Å². The summed E-state index contributed by atoms with van der Waals surface area (Å²) in [5.74, 6) is -0.727. The van der Waals surface area contributed by atoms with Gasteiger partial charge < -0.3 is 20.3 Å². The van der Waals surface area contributed by atoms with Gasteiger partial charge in [0.15, 0.2) is 0 Å². The van der Waals surface area contributed by atoms with Gasteiger partial charge in [-0.1, -0.05) is 140 Å². The molecule has 0 aliphatic rings. The Morgan fingerprint density at radius 1 is 0.526 bits per heavy atom. The van der Waals surface area contributed by atoms with Crippen LogP contribution in [0.3, 0.4) is 0 Å². The summed E-state index contributed by atoms with van der Waals surface area (Å²) in [6.07, 6.45) is 46.8. The van der Waals surface area contributed by atoms with Gasteiger partial charge in [-0.25, -0.2) is 0 Å². The molecule has 0 spiro atoms. The quantitative estimate of drug-likeness (QED) is 0.0398. The van der Waals surface area contributed by atoms with Crippen molar-refractivity contribution in [3.63, 3.8) is 0 Å². The first-order valence-corrected chi connectivity index (χ1v) is 23.0. The van der Waals surface area contributed by atoms with E-state index >= 15 is 0 Å². The number of esters is 1. The maximum atomic E-state index is 13.2. The number of rotatable bonds is 37. The summed E-state index contributed by atoms with van der Waals surface area (Å²) in [7, 11) is 3.82. The van der Waals surface area contributed by atoms with Crippen molar-refractivity contribution in [1.29, 1.82) is 0 Å². The molecule has 57 heavy (non-hydrogen) atoms. The average molecular weight is 790 g/mol. The van der Waals surface area contributed by atoms with Gasteiger partial charge >= 0.3 is 5.97 Å². The van der Waals surface area contributed by atoms with Crippen LogP contribution in [0.1, 0.15) is 201 Å². The lowest BCUT2D eigenvalue weighted by Gasteiger charge is -2.12. The van der Waals surface area contributed by atoms with E-state index in [9.17, 15) is 14.4 Å². The van der Waals surface area contributed by atoms with Crippen molar-refractivity contribution < 1.29 is 19.1 Å². The highest BCUT2D eigenvalue weighted by Crippen LogP contribution is 2.15. The molecule has 0 aromatic heterocycles. The van der Waals surface area contributed by atoms with E-state index in [0.717, 1.165) is 64.2 Å². The maximum absolute atomic E-state index is 13.2. The zero-order valence-electron chi connectivity index (χ0n) is 36.9. The summed E-state index contributed by atoms with van der Waals surface area (Å²) in [4.78, 5) is 40.6. The summed E-state index contributed by atoms with van der Waals surface area (Å²) >= 11 is 0. The molecule has 1 rings (SSSR count). The molecule has 1 aromatic carbocycles. The number of benzene rings is 1. The Bertz CT molecular complexity index is 1200. The lowest BCUT2D eigenvalue weighted by Crippen LogP contribution is -2.27. The zero-order valence-corrected chi connectivity index (χ0v) is 36.9. The average Bonchev–Trinajstić information content (AvgIpc) is 3.21. The van der Waals surface area contributed by atoms with Gasteiger partial charge in [-0.05, 0) is 115 Å². The number of hydrogen-bond donors (Lipinski definition) is 2. The van der Waals surface area contributed by atoms with E-state index < -0.39 is 0 Å². The SMILES string of the molecule is CCCCC/C=C\C/C=C\CCCCCCCCNC(=O)c1cc(COC(=O)CCN(C)C)cc(C(=O)NCCCCCCCC/C=C\C/C=C\CCCCC)c1. The molecule has 0 radical (unpaired) electrons. The maximum Gasteiger partial charge on any atom is 0.307 e. The summed E-state index contributed by atoms with van der Waals surface area (Å²) < 4.78 is 5.50. The van der Waals surface area contributed by atoms with E-state index in [1.54, 1.807) is 18.2 Å². The second kappa shape index (κ2) is 38.1. The van der Waals surface area contributed by atoms with Crippen LogP contribution in [0.4, 0.5) is 0 Å². The zero-order chi connectivity index (χ0) is 41.4. The predicted octanol–water partition coefficient (Wildman–Crippen LogP) is 12.8. The van der Waals surface area contributed by atoms with Crippen LogP contribution in [0.15, 0.2) is 66.8 Å². The fourth-order valence-electron chi connectivity index (χ4n) is 6.42. The fraction of sp³-hybridized carbons (Fsp3) is 0.660. The number of carbonyl (C=O) groups excluding carboxylic acids is 3. The number of amides is 2. The third-order valence-corrected chi connectivity index (χ3v) is 10.0. The van der Waals surface area contributed by atoms with Crippen molar-refractivity contribution in [1.82, 2.24) is 15.5 Å². The first-order valence-electron chi connectivity index (χ1n) is 23.0. The normalized spacial score (nSPS) is 11.9. The van der Waals surface area contributed by atoms with Gasteiger partial charge in [0.05, 0.1) is 6.42 Å². The van der Waals surface area contributed by atoms with Crippen LogP contribution < -0.4 is 10.6 Å². The van der Waals surface area contributed by atoms with Gasteiger partial charge in [-0.2, -0.15) is 0 Å². The first kappa shape index (κ1) is 51.6. The van der Waals surface area contributed by atoms with E-state index in [1.807, 2.05) is 19.0 Å². The van der Waals surface area contributed by atoms with Crippen molar-refractivity contribution in [2.45, 2.75) is 181 Å². The minimum absolute atomic E-state index is 0.0194. The van der Waals surface area contributed by atoms with Crippen molar-refractivity contribution in [3.8, 4) is 0 Å². The molecule has 0 unspecified atom stereocenters. The third kappa shape index (κ3) is 32.2. The Labute approximate surface area is 349 Å². The summed E-state index contributed by atoms with van der Waals surface area (Å²) in [5.41, 5.74) is 1.46. The second-order valence-electron chi connectivity index (χ2n) is 15.8. The standard InChI is InChI=1S/C50H83N3O4/c1-5-7-9-11-13-15-17-19-21-23-25-27-29-31-33-35-38-51-49(55)46-41-45(44-57-48(54)37-40-53(3)4)42-47(43-46)50(56)52-39-36-34-32-30-28-26-24-22-20-18-16-14-12-10-8-6-2/h13-16,19-22,41-43H,5-12,17-18,23-40,44H2,1-4H3,(H,51,55)(H,52,56)/b15-13-,16-14-,21-19-,22-20-. The minimum atomic E-state index is -0.306. The summed E-state index contributed by atoms with van der Waals surface area (Å²) in [6, 6.07) is 5.11. The first-order chi connectivity index (χ1) is 27.9. The van der Waals surface area contributed by atoms with E-state index in [0.29, 0.717) is 36.3 Å². The molecule has 0 fully saturated rings. The van der Waals surface area contributed by atoms with Gasteiger partial charge in [0.2, 0.25) is 0 Å². The van der Waals surface area contributed by atoms with Crippen LogP contribution in [0.5, 0.6) is 0 Å². The lowest BCUT2D eigenvalue weighted by molar-refractivity contribution is -0.145. The largest absolute Gasteiger partial charge is 0.461 e. The van der Waals surface area contributed by atoms with Crippen molar-refractivity contribution >= 4 is 17.8 Å². The molecule has 0 saturated carbocycles. The number of ether oxygens (including phenoxy) is 1. The summed E-state index contributed by atoms with van der Waals surface area (Å²) in [6.45, 7) is 6.28. The minimum Gasteiger partial charge on any atom is -0.461 e. The third-order valence-electron chi connectivity index (χ3n) is 10.0. The number of hydrogen-bond acceptors (Lipinski definition) is 5. The van der Waals surface area contributed by atoms with E-state index in [4.69, 9.17) is 4.74 Å². The van der Waals surface area contributed by atoms with Crippen LogP contribution in [0.25, 0.3) is 0 Å². The van der Waals surface area contributed by atoms with Gasteiger partial charge in [0, 0.05) is 30.8 Å². The molecule has 1 aromatic rings. The van der Waals surface area contributed by atoms with Gasteiger partial charge in [-0.3, -0.25) is 14.4 Å². The summed E-state index contributed by atoms with van der Waals surface area (Å²) in [5, 5.41) is 6.08. The molecule has 7 heteroatoms. The number of unbranched alkanes of at least 4 members (excludes halogenated alkanes) is 18. The molecule has 0 atom stereocenters. The molecule has 2 amide bonds. The molecular weight excluding hydrogens is 707 g/mol. The van der Waals surface area contributed by atoms with E-state index in [1.165, 1.54) is 89.9 Å². The Morgan fingerprint density at radius 2 is 0.912 bits per heavy atom. The van der Waals surface area contributed by atoms with Crippen LogP contribution in [0.2, 0.25) is 0 Å². The number of allylic oxidation sites excluding steroid dienone is 8. The van der Waals surface area contributed by atoms with Crippen molar-refractivity contribution in [3.05, 3.63) is 83.5 Å². The molecule has 0 bridgehead atoms. The topological polar surface area (TPSA) is 87.7 Å². The molecule has 0 heterocycles.